The van der Waals surface area contributed by atoms with Crippen LogP contribution < -0.4 is 0 Å². The molecule has 0 radical (unpaired) electrons. The Bertz CT molecular complexity index is 669. The quantitative estimate of drug-likeness (QED) is 0.613. The van der Waals surface area contributed by atoms with Gasteiger partial charge in [-0.2, -0.15) is 5.10 Å². The summed E-state index contributed by atoms with van der Waals surface area (Å²) in [6.07, 6.45) is 1.75. The molecule has 0 aliphatic carbocycles. The molecule has 2 aromatic rings. The van der Waals surface area contributed by atoms with E-state index in [9.17, 15) is 9.59 Å². The molecule has 0 spiro atoms. The van der Waals surface area contributed by atoms with E-state index in [2.05, 4.69) is 5.10 Å². The van der Waals surface area contributed by atoms with Crippen LogP contribution in [0.5, 0.6) is 0 Å². The average Bonchev–Trinajstić information content (AvgIpc) is 3.00. The van der Waals surface area contributed by atoms with E-state index < -0.39 is 11.7 Å². The smallest absolute Gasteiger partial charge is 0.296 e. The van der Waals surface area contributed by atoms with E-state index in [1.54, 1.807) is 37.0 Å². The first kappa shape index (κ1) is 15.0. The second-order valence-electron chi connectivity index (χ2n) is 5.21. The Morgan fingerprint density at radius 3 is 2.57 bits per heavy atom. The van der Waals surface area contributed by atoms with E-state index >= 15 is 0 Å². The van der Waals surface area contributed by atoms with Gasteiger partial charge in [0.15, 0.2) is 0 Å². The number of rotatable bonds is 5. The van der Waals surface area contributed by atoms with Gasteiger partial charge in [0.25, 0.3) is 11.7 Å². The highest BCUT2D eigenvalue weighted by molar-refractivity contribution is 6.42. The van der Waals surface area contributed by atoms with Gasteiger partial charge >= 0.3 is 0 Å². The van der Waals surface area contributed by atoms with Gasteiger partial charge in [0.1, 0.15) is 0 Å². The van der Waals surface area contributed by atoms with Crippen LogP contribution in [0.3, 0.4) is 0 Å². The van der Waals surface area contributed by atoms with Gasteiger partial charge in [-0.1, -0.05) is 0 Å². The number of hydrogen-bond donors (Lipinski definition) is 0. The van der Waals surface area contributed by atoms with Crippen molar-refractivity contribution in [3.63, 3.8) is 0 Å². The van der Waals surface area contributed by atoms with Crippen LogP contribution in [0, 0.1) is 13.8 Å². The second-order valence-corrected chi connectivity index (χ2v) is 5.21. The average molecular weight is 288 g/mol. The predicted octanol–water partition coefficient (Wildman–Crippen LogP) is 1.18. The maximum Gasteiger partial charge on any atom is 0.296 e. The Labute approximate surface area is 124 Å². The maximum atomic E-state index is 12.1. The van der Waals surface area contributed by atoms with Gasteiger partial charge in [0.05, 0.1) is 17.9 Å². The van der Waals surface area contributed by atoms with Crippen LogP contribution >= 0.6 is 0 Å². The van der Waals surface area contributed by atoms with E-state index in [1.807, 2.05) is 24.6 Å². The third-order valence-electron chi connectivity index (χ3n) is 3.47. The third-order valence-corrected chi connectivity index (χ3v) is 3.47. The molecule has 0 saturated carbocycles. The minimum absolute atomic E-state index is 0.401. The van der Waals surface area contributed by atoms with Gasteiger partial charge in [-0.25, -0.2) is 0 Å². The molecule has 0 aliphatic heterocycles. The topological polar surface area (TPSA) is 60.1 Å². The zero-order valence-electron chi connectivity index (χ0n) is 12.8. The summed E-state index contributed by atoms with van der Waals surface area (Å²) < 4.78 is 3.49. The summed E-state index contributed by atoms with van der Waals surface area (Å²) in [6.45, 7) is 4.91. The standard InChI is InChI=1S/C15H20N4O2/c1-11-10-12(2)19(16-11)9-8-18(4)15(21)14(20)13-6-5-7-17(13)3/h5-7,10H,8-9H2,1-4H3. The van der Waals surface area contributed by atoms with Gasteiger partial charge in [0, 0.05) is 32.5 Å². The van der Waals surface area contributed by atoms with Crippen molar-refractivity contribution in [2.24, 2.45) is 7.05 Å². The molecule has 6 nitrogen and oxygen atoms in total. The maximum absolute atomic E-state index is 12.1. The van der Waals surface area contributed by atoms with E-state index in [1.165, 1.54) is 4.90 Å². The number of ketones is 1. The number of likely N-dealkylation sites (N-methyl/N-ethyl adjacent to an activating group) is 1. The summed E-state index contributed by atoms with van der Waals surface area (Å²) in [5.74, 6) is -0.989. The lowest BCUT2D eigenvalue weighted by molar-refractivity contribution is -0.125. The molecule has 0 saturated heterocycles. The summed E-state index contributed by atoms with van der Waals surface area (Å²) in [5.41, 5.74) is 2.39. The lowest BCUT2D eigenvalue weighted by atomic mass is 10.2. The van der Waals surface area contributed by atoms with Crippen molar-refractivity contribution in [3.05, 3.63) is 41.5 Å². The molecule has 2 heterocycles. The highest BCUT2D eigenvalue weighted by Crippen LogP contribution is 2.05. The Morgan fingerprint density at radius 2 is 2.05 bits per heavy atom. The number of Topliss-reactive ketones (excluding diaryl/α,β-unsaturated/α-hetero) is 1. The van der Waals surface area contributed by atoms with Crippen molar-refractivity contribution in [2.45, 2.75) is 20.4 Å². The number of amides is 1. The number of aryl methyl sites for hydroxylation is 3. The van der Waals surface area contributed by atoms with Crippen LogP contribution in [-0.2, 0) is 18.4 Å². The molecule has 0 atom stereocenters. The van der Waals surface area contributed by atoms with Crippen LogP contribution in [0.2, 0.25) is 0 Å². The summed E-state index contributed by atoms with van der Waals surface area (Å²) in [7, 11) is 3.38. The number of hydrogen-bond acceptors (Lipinski definition) is 3. The van der Waals surface area contributed by atoms with Gasteiger partial charge in [-0.3, -0.25) is 14.3 Å². The fourth-order valence-corrected chi connectivity index (χ4v) is 2.23. The molecule has 0 bridgehead atoms. The van der Waals surface area contributed by atoms with Gasteiger partial charge < -0.3 is 9.47 Å². The van der Waals surface area contributed by atoms with Crippen LogP contribution in [-0.4, -0.2) is 44.5 Å². The Hall–Kier alpha value is -2.37. The highest BCUT2D eigenvalue weighted by atomic mass is 16.2. The molecule has 2 aromatic heterocycles. The van der Waals surface area contributed by atoms with Crippen molar-refractivity contribution in [1.82, 2.24) is 19.2 Å². The van der Waals surface area contributed by atoms with E-state index in [-0.39, 0.29) is 0 Å². The summed E-state index contributed by atoms with van der Waals surface area (Å²) >= 11 is 0. The molecular formula is C15H20N4O2. The Kier molecular flexibility index (Phi) is 4.26. The van der Waals surface area contributed by atoms with E-state index in [4.69, 9.17) is 0 Å². The molecule has 21 heavy (non-hydrogen) atoms. The fraction of sp³-hybridized carbons (Fsp3) is 0.400. The predicted molar refractivity (Wildman–Crippen MR) is 79.1 cm³/mol. The van der Waals surface area contributed by atoms with Crippen LogP contribution in [0.4, 0.5) is 0 Å². The monoisotopic (exact) mass is 288 g/mol. The summed E-state index contributed by atoms with van der Waals surface area (Å²) in [6, 6.07) is 5.38. The highest BCUT2D eigenvalue weighted by Gasteiger charge is 2.22. The van der Waals surface area contributed by atoms with E-state index in [0.29, 0.717) is 18.8 Å². The van der Waals surface area contributed by atoms with Gasteiger partial charge in [-0.15, -0.1) is 0 Å². The minimum Gasteiger partial charge on any atom is -0.348 e. The number of carbonyl (C=O) groups excluding carboxylic acids is 2. The van der Waals surface area contributed by atoms with Gasteiger partial charge in [0.2, 0.25) is 0 Å². The first-order valence-electron chi connectivity index (χ1n) is 6.82. The lowest BCUT2D eigenvalue weighted by Crippen LogP contribution is -2.36. The number of aromatic nitrogens is 3. The zero-order valence-corrected chi connectivity index (χ0v) is 12.8. The molecule has 112 valence electrons. The van der Waals surface area contributed by atoms with Crippen molar-refractivity contribution < 1.29 is 9.59 Å². The Morgan fingerprint density at radius 1 is 1.33 bits per heavy atom. The van der Waals surface area contributed by atoms with E-state index in [0.717, 1.165) is 11.4 Å². The van der Waals surface area contributed by atoms with Gasteiger partial charge in [-0.05, 0) is 32.0 Å². The minimum atomic E-state index is -0.502. The normalized spacial score (nSPS) is 10.7. The summed E-state index contributed by atoms with van der Waals surface area (Å²) in [4.78, 5) is 25.7. The molecule has 0 N–H and O–H groups in total. The zero-order chi connectivity index (χ0) is 15.6. The lowest BCUT2D eigenvalue weighted by Gasteiger charge is -2.17. The Balaban J connectivity index is 1.98. The van der Waals surface area contributed by atoms with Crippen molar-refractivity contribution >= 4 is 11.7 Å². The van der Waals surface area contributed by atoms with Crippen LogP contribution in [0.15, 0.2) is 24.4 Å². The van der Waals surface area contributed by atoms with Crippen molar-refractivity contribution in [3.8, 4) is 0 Å². The molecule has 1 amide bonds. The fourth-order valence-electron chi connectivity index (χ4n) is 2.23. The first-order valence-corrected chi connectivity index (χ1v) is 6.82. The SMILES string of the molecule is Cc1cc(C)n(CCN(C)C(=O)C(=O)c2cccn2C)n1. The number of carbonyl (C=O) groups is 2. The summed E-state index contributed by atoms with van der Waals surface area (Å²) in [5, 5.41) is 4.34. The number of nitrogens with zero attached hydrogens (tertiary/aromatic N) is 4. The molecule has 0 fully saturated rings. The first-order chi connectivity index (χ1) is 9.90. The largest absolute Gasteiger partial charge is 0.348 e. The molecular weight excluding hydrogens is 268 g/mol. The molecule has 0 unspecified atom stereocenters. The van der Waals surface area contributed by atoms with Crippen LogP contribution in [0.25, 0.3) is 0 Å². The molecule has 0 aliphatic rings. The van der Waals surface area contributed by atoms with Crippen molar-refractivity contribution in [2.75, 3.05) is 13.6 Å². The molecule has 2 rings (SSSR count). The molecule has 6 heteroatoms. The van der Waals surface area contributed by atoms with Crippen molar-refractivity contribution in [1.29, 1.82) is 0 Å². The van der Waals surface area contributed by atoms with Crippen LogP contribution in [0.1, 0.15) is 21.9 Å². The third kappa shape index (κ3) is 3.21. The second kappa shape index (κ2) is 5.95. The molecule has 0 aromatic carbocycles.